The van der Waals surface area contributed by atoms with Crippen LogP contribution in [0, 0.1) is 0 Å². The van der Waals surface area contributed by atoms with E-state index in [0.717, 1.165) is 12.2 Å². The van der Waals surface area contributed by atoms with Gasteiger partial charge < -0.3 is 11.1 Å². The van der Waals surface area contributed by atoms with Gasteiger partial charge in [-0.2, -0.15) is 0 Å². The van der Waals surface area contributed by atoms with Gasteiger partial charge in [0, 0.05) is 12.2 Å². The summed E-state index contributed by atoms with van der Waals surface area (Å²) in [7, 11) is 1.50. The summed E-state index contributed by atoms with van der Waals surface area (Å²) in [6, 6.07) is 10.3. The van der Waals surface area contributed by atoms with Gasteiger partial charge in [-0.1, -0.05) is 36.9 Å². The minimum absolute atomic E-state index is 0.871. The Bertz CT molecular complexity index is 229. The average molecular weight is 178 g/mol. The van der Waals surface area contributed by atoms with Crippen molar-refractivity contribution in [3.8, 4) is 0 Å². The lowest BCUT2D eigenvalue weighted by Gasteiger charge is -2.03. The second-order valence-corrected chi connectivity index (χ2v) is 2.62. The molecule has 0 aliphatic heterocycles. The van der Waals surface area contributed by atoms with Gasteiger partial charge in [-0.15, -0.1) is 0 Å². The maximum Gasteiger partial charge on any atom is 0.0397 e. The van der Waals surface area contributed by atoms with Crippen LogP contribution in [0.3, 0.4) is 0 Å². The van der Waals surface area contributed by atoms with Gasteiger partial charge in [-0.3, -0.25) is 0 Å². The van der Waals surface area contributed by atoms with E-state index < -0.39 is 0 Å². The predicted octanol–water partition coefficient (Wildman–Crippen LogP) is 1.88. The Hall–Kier alpha value is -1.28. The molecule has 0 amide bonds. The molecule has 13 heavy (non-hydrogen) atoms. The Kier molecular flexibility index (Phi) is 6.65. The zero-order valence-electron chi connectivity index (χ0n) is 8.38. The normalized spacial score (nSPS) is 8.23. The zero-order valence-corrected chi connectivity index (χ0v) is 8.38. The highest BCUT2D eigenvalue weighted by molar-refractivity contribution is 5.14. The summed E-state index contributed by atoms with van der Waals surface area (Å²) in [4.78, 5) is 0. The van der Waals surface area contributed by atoms with E-state index in [1.54, 1.807) is 0 Å². The summed E-state index contributed by atoms with van der Waals surface area (Å²) in [5, 5.41) is 3.17. The number of allylic oxidation sites excluding steroid dienone is 1. The highest BCUT2D eigenvalue weighted by Gasteiger charge is 1.87. The van der Waals surface area contributed by atoms with Crippen molar-refractivity contribution in [3.63, 3.8) is 0 Å². The van der Waals surface area contributed by atoms with Gasteiger partial charge >= 0.3 is 0 Å². The van der Waals surface area contributed by atoms with Crippen molar-refractivity contribution in [2.24, 2.45) is 5.73 Å². The number of hydrogen-bond donors (Lipinski definition) is 2. The van der Waals surface area contributed by atoms with E-state index in [0.29, 0.717) is 0 Å². The lowest BCUT2D eigenvalue weighted by atomic mass is 10.2. The number of rotatable bonds is 3. The third-order valence-corrected chi connectivity index (χ3v) is 1.44. The van der Waals surface area contributed by atoms with E-state index in [1.165, 1.54) is 12.6 Å². The molecule has 0 unspecified atom stereocenters. The molecular weight excluding hydrogens is 160 g/mol. The topological polar surface area (TPSA) is 38.0 Å². The van der Waals surface area contributed by atoms with Crippen molar-refractivity contribution in [1.82, 2.24) is 5.32 Å². The van der Waals surface area contributed by atoms with E-state index in [4.69, 9.17) is 0 Å². The van der Waals surface area contributed by atoms with Gasteiger partial charge in [0.1, 0.15) is 0 Å². The fraction of sp³-hybridized carbons (Fsp3) is 0.273. The van der Waals surface area contributed by atoms with E-state index in [9.17, 15) is 0 Å². The van der Waals surface area contributed by atoms with Crippen LogP contribution in [-0.4, -0.2) is 7.05 Å². The van der Waals surface area contributed by atoms with Gasteiger partial charge in [-0.05, 0) is 19.5 Å². The van der Waals surface area contributed by atoms with E-state index in [1.807, 2.05) is 25.1 Å². The Morgan fingerprint density at radius 1 is 1.31 bits per heavy atom. The van der Waals surface area contributed by atoms with Crippen LogP contribution in [0.1, 0.15) is 12.5 Å². The van der Waals surface area contributed by atoms with Crippen molar-refractivity contribution < 1.29 is 0 Å². The molecule has 72 valence electrons. The summed E-state index contributed by atoms with van der Waals surface area (Å²) in [5.74, 6) is 0. The number of benzene rings is 1. The highest BCUT2D eigenvalue weighted by atomic mass is 14.9. The number of nitrogens with one attached hydrogen (secondary N) is 1. The summed E-state index contributed by atoms with van der Waals surface area (Å²) >= 11 is 0. The Morgan fingerprint density at radius 3 is 2.31 bits per heavy atom. The van der Waals surface area contributed by atoms with Crippen LogP contribution in [0.25, 0.3) is 0 Å². The van der Waals surface area contributed by atoms with Crippen LogP contribution in [0.15, 0.2) is 42.6 Å². The van der Waals surface area contributed by atoms with Crippen LogP contribution in [0.5, 0.6) is 0 Å². The van der Waals surface area contributed by atoms with Crippen LogP contribution in [-0.2, 0) is 6.54 Å². The molecule has 0 fully saturated rings. The Balaban J connectivity index is 0.000000671. The minimum Gasteiger partial charge on any atom is -0.385 e. The lowest BCUT2D eigenvalue weighted by Crippen LogP contribution is -2.08. The second kappa shape index (κ2) is 7.37. The van der Waals surface area contributed by atoms with Gasteiger partial charge in [0.2, 0.25) is 0 Å². The largest absolute Gasteiger partial charge is 0.385 e. The molecule has 0 atom stereocenters. The molecule has 1 aromatic carbocycles. The molecule has 0 aliphatic rings. The fourth-order valence-corrected chi connectivity index (χ4v) is 0.849. The van der Waals surface area contributed by atoms with E-state index in [2.05, 4.69) is 29.8 Å². The molecule has 3 N–H and O–H groups in total. The fourth-order valence-electron chi connectivity index (χ4n) is 0.849. The smallest absolute Gasteiger partial charge is 0.0397 e. The monoisotopic (exact) mass is 178 g/mol. The van der Waals surface area contributed by atoms with Gasteiger partial charge in [-0.25, -0.2) is 0 Å². The standard InChI is InChI=1S/C10H13N.CH5N/c1-9(2)11-8-10-6-4-3-5-7-10;1-2/h3-7,11H,1,8H2,2H3;2H2,1H3. The van der Waals surface area contributed by atoms with Crippen LogP contribution in [0.2, 0.25) is 0 Å². The maximum absolute atomic E-state index is 4.50. The Labute approximate surface area is 80.5 Å². The van der Waals surface area contributed by atoms with Crippen molar-refractivity contribution in [1.29, 1.82) is 0 Å². The SMILES string of the molecule is C=C(C)NCc1ccccc1.CN. The first-order chi connectivity index (χ1) is 6.29. The first-order valence-electron chi connectivity index (χ1n) is 4.30. The van der Waals surface area contributed by atoms with E-state index >= 15 is 0 Å². The molecule has 0 radical (unpaired) electrons. The third-order valence-electron chi connectivity index (χ3n) is 1.44. The van der Waals surface area contributed by atoms with Crippen molar-refractivity contribution in [3.05, 3.63) is 48.2 Å². The first kappa shape index (κ1) is 11.7. The first-order valence-corrected chi connectivity index (χ1v) is 4.30. The summed E-state index contributed by atoms with van der Waals surface area (Å²) in [6.07, 6.45) is 0. The minimum atomic E-state index is 0.871. The van der Waals surface area contributed by atoms with Crippen molar-refractivity contribution in [2.75, 3.05) is 7.05 Å². The molecule has 0 aromatic heterocycles. The van der Waals surface area contributed by atoms with Gasteiger partial charge in [0.25, 0.3) is 0 Å². The molecule has 0 spiro atoms. The molecule has 0 saturated heterocycles. The van der Waals surface area contributed by atoms with Gasteiger partial charge in [0.05, 0.1) is 0 Å². The summed E-state index contributed by atoms with van der Waals surface area (Å²) in [5.41, 5.74) is 6.80. The second-order valence-electron chi connectivity index (χ2n) is 2.62. The highest BCUT2D eigenvalue weighted by Crippen LogP contribution is 1.97. The molecule has 2 nitrogen and oxygen atoms in total. The van der Waals surface area contributed by atoms with Crippen molar-refractivity contribution >= 4 is 0 Å². The molecule has 0 bridgehead atoms. The molecule has 1 rings (SSSR count). The molecule has 2 heteroatoms. The average Bonchev–Trinajstić information content (AvgIpc) is 2.19. The lowest BCUT2D eigenvalue weighted by molar-refractivity contribution is 0.816. The van der Waals surface area contributed by atoms with Gasteiger partial charge in [0.15, 0.2) is 0 Å². The molecule has 0 saturated carbocycles. The van der Waals surface area contributed by atoms with Crippen LogP contribution >= 0.6 is 0 Å². The number of hydrogen-bond acceptors (Lipinski definition) is 2. The third kappa shape index (κ3) is 5.93. The van der Waals surface area contributed by atoms with E-state index in [-0.39, 0.29) is 0 Å². The Morgan fingerprint density at radius 2 is 1.85 bits per heavy atom. The molecule has 0 heterocycles. The molecule has 0 aliphatic carbocycles. The number of nitrogens with two attached hydrogens (primary N) is 1. The quantitative estimate of drug-likeness (QED) is 0.741. The molecule has 1 aromatic rings. The predicted molar refractivity (Wildman–Crippen MR) is 58.2 cm³/mol. The van der Waals surface area contributed by atoms with Crippen LogP contribution in [0.4, 0.5) is 0 Å². The molecular formula is C11H18N2. The van der Waals surface area contributed by atoms with Crippen molar-refractivity contribution in [2.45, 2.75) is 13.5 Å². The maximum atomic E-state index is 4.50. The van der Waals surface area contributed by atoms with Crippen LogP contribution < -0.4 is 11.1 Å². The summed E-state index contributed by atoms with van der Waals surface area (Å²) < 4.78 is 0. The zero-order chi connectivity index (χ0) is 10.1. The summed E-state index contributed by atoms with van der Waals surface area (Å²) in [6.45, 7) is 6.59.